The summed E-state index contributed by atoms with van der Waals surface area (Å²) in [4.78, 5) is 19.9. The summed E-state index contributed by atoms with van der Waals surface area (Å²) >= 11 is 0. The highest BCUT2D eigenvalue weighted by Gasteiger charge is 2.39. The number of aliphatic hydroxyl groups excluding tert-OH is 1. The number of nitrogens with one attached hydrogen (secondary N) is 1. The van der Waals surface area contributed by atoms with E-state index in [1.807, 2.05) is 12.1 Å². The van der Waals surface area contributed by atoms with Gasteiger partial charge in [-0.3, -0.25) is 14.6 Å². The van der Waals surface area contributed by atoms with Crippen molar-refractivity contribution < 1.29 is 19.4 Å². The van der Waals surface area contributed by atoms with Gasteiger partial charge in [0.1, 0.15) is 5.75 Å². The van der Waals surface area contributed by atoms with Crippen molar-refractivity contribution in [1.29, 1.82) is 0 Å². The molecule has 3 aliphatic rings. The molecule has 2 atom stereocenters. The summed E-state index contributed by atoms with van der Waals surface area (Å²) < 4.78 is 10.7. The summed E-state index contributed by atoms with van der Waals surface area (Å²) in [5, 5.41) is 13.3. The van der Waals surface area contributed by atoms with Crippen LogP contribution in [0.3, 0.4) is 0 Å². The molecule has 8 heteroatoms. The van der Waals surface area contributed by atoms with Crippen LogP contribution in [0.5, 0.6) is 5.75 Å². The fourth-order valence-electron chi connectivity index (χ4n) is 5.17. The summed E-state index contributed by atoms with van der Waals surface area (Å²) in [6.45, 7) is 7.87. The molecule has 8 nitrogen and oxygen atoms in total. The normalized spacial score (nSPS) is 25.8. The summed E-state index contributed by atoms with van der Waals surface area (Å²) in [5.74, 6) is 0.954. The zero-order valence-electron chi connectivity index (χ0n) is 19.2. The minimum absolute atomic E-state index is 0.0670. The quantitative estimate of drug-likeness (QED) is 0.576. The third-order valence-electron chi connectivity index (χ3n) is 7.04. The van der Waals surface area contributed by atoms with Crippen molar-refractivity contribution in [3.63, 3.8) is 0 Å². The van der Waals surface area contributed by atoms with E-state index in [0.717, 1.165) is 70.9 Å². The molecule has 178 valence electrons. The Kier molecular flexibility index (Phi) is 8.24. The Bertz CT molecular complexity index is 717. The van der Waals surface area contributed by atoms with E-state index in [2.05, 4.69) is 32.1 Å². The average molecular weight is 447 g/mol. The maximum Gasteiger partial charge on any atom is 0.237 e. The average Bonchev–Trinajstić information content (AvgIpc) is 3.24. The summed E-state index contributed by atoms with van der Waals surface area (Å²) in [6, 6.07) is 8.40. The van der Waals surface area contributed by atoms with Crippen molar-refractivity contribution >= 4 is 11.6 Å². The zero-order valence-corrected chi connectivity index (χ0v) is 19.2. The van der Waals surface area contributed by atoms with E-state index in [0.29, 0.717) is 25.6 Å². The van der Waals surface area contributed by atoms with Crippen LogP contribution >= 0.6 is 0 Å². The maximum atomic E-state index is 12.8. The Morgan fingerprint density at radius 1 is 1.16 bits per heavy atom. The zero-order chi connectivity index (χ0) is 22.3. The van der Waals surface area contributed by atoms with Crippen molar-refractivity contribution in [2.45, 2.75) is 43.9 Å². The predicted molar refractivity (Wildman–Crippen MR) is 124 cm³/mol. The number of aliphatic hydroxyl groups is 1. The van der Waals surface area contributed by atoms with Gasteiger partial charge in [0.15, 0.2) is 0 Å². The minimum atomic E-state index is -0.407. The molecule has 1 aromatic carbocycles. The molecular formula is C24H38N4O4. The topological polar surface area (TPSA) is 77.5 Å². The lowest BCUT2D eigenvalue weighted by atomic mass is 10.1. The van der Waals surface area contributed by atoms with Gasteiger partial charge in [-0.05, 0) is 56.5 Å². The van der Waals surface area contributed by atoms with Gasteiger partial charge in [0.05, 0.1) is 19.3 Å². The summed E-state index contributed by atoms with van der Waals surface area (Å²) in [5.41, 5.74) is 1.24. The van der Waals surface area contributed by atoms with Gasteiger partial charge in [0, 0.05) is 64.2 Å². The Hall–Kier alpha value is -1.87. The number of benzene rings is 1. The van der Waals surface area contributed by atoms with Gasteiger partial charge >= 0.3 is 0 Å². The molecule has 3 fully saturated rings. The predicted octanol–water partition coefficient (Wildman–Crippen LogP) is 0.938. The fourth-order valence-corrected chi connectivity index (χ4v) is 5.17. The van der Waals surface area contributed by atoms with E-state index in [1.165, 1.54) is 5.69 Å². The van der Waals surface area contributed by atoms with E-state index in [4.69, 9.17) is 9.47 Å². The molecule has 0 spiro atoms. The van der Waals surface area contributed by atoms with E-state index >= 15 is 0 Å². The molecule has 4 rings (SSSR count). The van der Waals surface area contributed by atoms with E-state index in [-0.39, 0.29) is 11.9 Å². The third-order valence-corrected chi connectivity index (χ3v) is 7.04. The van der Waals surface area contributed by atoms with Crippen LogP contribution in [0.4, 0.5) is 5.69 Å². The van der Waals surface area contributed by atoms with Crippen molar-refractivity contribution in [2.24, 2.45) is 0 Å². The molecule has 0 radical (unpaired) electrons. The van der Waals surface area contributed by atoms with Crippen LogP contribution < -0.4 is 15.0 Å². The molecule has 0 aromatic heterocycles. The summed E-state index contributed by atoms with van der Waals surface area (Å²) in [6.07, 6.45) is 2.96. The lowest BCUT2D eigenvalue weighted by Crippen LogP contribution is -2.50. The molecule has 3 aliphatic heterocycles. The third kappa shape index (κ3) is 5.92. The van der Waals surface area contributed by atoms with E-state index in [1.54, 1.807) is 7.11 Å². The largest absolute Gasteiger partial charge is 0.497 e. The van der Waals surface area contributed by atoms with Crippen LogP contribution in [-0.2, 0) is 9.53 Å². The standard InChI is InChI=1S/C24H38N4O4/c1-31-22-5-3-19(4-6-22)27-13-11-26(12-14-27)10-2-9-25-24(30)23-17-21(29)18-28(23)20-7-15-32-16-8-20/h3-6,20-21,23,29H,2,7-18H2,1H3,(H,25,30)/t21-,23+/m1/s1. The maximum absolute atomic E-state index is 12.8. The van der Waals surface area contributed by atoms with E-state index < -0.39 is 6.10 Å². The lowest BCUT2D eigenvalue weighted by molar-refractivity contribution is -0.127. The number of ether oxygens (including phenoxy) is 2. The van der Waals surface area contributed by atoms with Crippen LogP contribution in [0.1, 0.15) is 25.7 Å². The highest BCUT2D eigenvalue weighted by Crippen LogP contribution is 2.26. The number of piperazine rings is 1. The van der Waals surface area contributed by atoms with Gasteiger partial charge in [-0.15, -0.1) is 0 Å². The Morgan fingerprint density at radius 3 is 2.56 bits per heavy atom. The molecule has 1 amide bonds. The number of hydrogen-bond donors (Lipinski definition) is 2. The van der Waals surface area contributed by atoms with Gasteiger partial charge in [-0.25, -0.2) is 0 Å². The number of carbonyl (C=O) groups is 1. The number of anilines is 1. The van der Waals surface area contributed by atoms with Crippen LogP contribution in [0, 0.1) is 0 Å². The number of nitrogens with zero attached hydrogens (tertiary/aromatic N) is 3. The second-order valence-electron chi connectivity index (χ2n) is 9.12. The Morgan fingerprint density at radius 2 is 1.88 bits per heavy atom. The molecule has 32 heavy (non-hydrogen) atoms. The lowest BCUT2D eigenvalue weighted by Gasteiger charge is -2.36. The highest BCUT2D eigenvalue weighted by atomic mass is 16.5. The smallest absolute Gasteiger partial charge is 0.237 e. The Balaban J connectivity index is 1.15. The van der Waals surface area contributed by atoms with Crippen molar-refractivity contribution in [3.05, 3.63) is 24.3 Å². The van der Waals surface area contributed by atoms with Gasteiger partial charge in [0.25, 0.3) is 0 Å². The molecule has 2 N–H and O–H groups in total. The minimum Gasteiger partial charge on any atom is -0.497 e. The first-order valence-corrected chi connectivity index (χ1v) is 12.0. The number of β-amino-alcohol motifs (C(OH)–C–C–N with tert-alkyl or cyclic N) is 1. The van der Waals surface area contributed by atoms with E-state index in [9.17, 15) is 9.90 Å². The molecular weight excluding hydrogens is 408 g/mol. The Labute approximate surface area is 191 Å². The molecule has 3 heterocycles. The number of methoxy groups -OCH3 is 1. The first-order chi connectivity index (χ1) is 15.6. The number of hydrogen-bond acceptors (Lipinski definition) is 7. The number of likely N-dealkylation sites (tertiary alicyclic amines) is 1. The van der Waals surface area contributed by atoms with Gasteiger partial charge in [-0.2, -0.15) is 0 Å². The first kappa shape index (κ1) is 23.3. The van der Waals surface area contributed by atoms with Gasteiger partial charge in [-0.1, -0.05) is 0 Å². The fraction of sp³-hybridized carbons (Fsp3) is 0.708. The van der Waals surface area contributed by atoms with Crippen molar-refractivity contribution in [3.8, 4) is 5.75 Å². The number of amides is 1. The van der Waals surface area contributed by atoms with Gasteiger partial charge in [0.2, 0.25) is 5.91 Å². The highest BCUT2D eigenvalue weighted by molar-refractivity contribution is 5.82. The summed E-state index contributed by atoms with van der Waals surface area (Å²) in [7, 11) is 1.69. The molecule has 1 aromatic rings. The second-order valence-corrected chi connectivity index (χ2v) is 9.12. The van der Waals surface area contributed by atoms with Gasteiger partial charge < -0.3 is 24.8 Å². The molecule has 0 aliphatic carbocycles. The van der Waals surface area contributed by atoms with Crippen molar-refractivity contribution in [1.82, 2.24) is 15.1 Å². The van der Waals surface area contributed by atoms with Crippen LogP contribution in [0.15, 0.2) is 24.3 Å². The number of rotatable bonds is 8. The van der Waals surface area contributed by atoms with Crippen LogP contribution in [0.2, 0.25) is 0 Å². The van der Waals surface area contributed by atoms with Crippen LogP contribution in [-0.4, -0.2) is 105 Å². The molecule has 3 saturated heterocycles. The second kappa shape index (κ2) is 11.3. The monoisotopic (exact) mass is 446 g/mol. The first-order valence-electron chi connectivity index (χ1n) is 12.0. The van der Waals surface area contributed by atoms with Crippen LogP contribution in [0.25, 0.3) is 0 Å². The molecule has 0 bridgehead atoms. The molecule has 0 unspecified atom stereocenters. The van der Waals surface area contributed by atoms with Crippen molar-refractivity contribution in [2.75, 3.05) is 71.0 Å². The SMILES string of the molecule is COc1ccc(N2CCN(CCCNC(=O)[C@@H]3C[C@@H](O)CN3C3CCOCC3)CC2)cc1. The molecule has 0 saturated carbocycles. The number of carbonyl (C=O) groups excluding carboxylic acids is 1.